The Kier molecular flexibility index (Phi) is 5.72. The van der Waals surface area contributed by atoms with E-state index in [-0.39, 0.29) is 5.91 Å². The third-order valence-corrected chi connectivity index (χ3v) is 2.94. The first-order valence-corrected chi connectivity index (χ1v) is 6.41. The van der Waals surface area contributed by atoms with Crippen molar-refractivity contribution in [2.75, 3.05) is 7.11 Å². The molecule has 2 aromatic carbocycles. The Morgan fingerprint density at radius 3 is 2.19 bits per heavy atom. The standard InChI is InChI=1S/C14H14O3.C2H5NO/c1-9(14(15)16)10-3-4-12-8-13(17-2)6-5-11(12)7-10;1-2(3)4/h3-9H,1-2H3,(H,15,16);1H3,(H2,3,4)/t9-;/m0./s1. The van der Waals surface area contributed by atoms with Gasteiger partial charge < -0.3 is 15.6 Å². The zero-order valence-electron chi connectivity index (χ0n) is 12.3. The van der Waals surface area contributed by atoms with Crippen LogP contribution in [0, 0.1) is 0 Å². The van der Waals surface area contributed by atoms with Gasteiger partial charge in [-0.1, -0.05) is 24.3 Å². The minimum atomic E-state index is -0.808. The number of ether oxygens (including phenoxy) is 1. The van der Waals surface area contributed by atoms with Crippen LogP contribution in [0.25, 0.3) is 10.8 Å². The number of carbonyl (C=O) groups excluding carboxylic acids is 1. The summed E-state index contributed by atoms with van der Waals surface area (Å²) in [4.78, 5) is 20.1. The largest absolute Gasteiger partial charge is 0.497 e. The summed E-state index contributed by atoms with van der Waals surface area (Å²) in [5.74, 6) is -0.823. The van der Waals surface area contributed by atoms with E-state index in [1.54, 1.807) is 14.0 Å². The summed E-state index contributed by atoms with van der Waals surface area (Å²) in [6, 6.07) is 11.4. The summed E-state index contributed by atoms with van der Waals surface area (Å²) < 4.78 is 5.14. The van der Waals surface area contributed by atoms with Gasteiger partial charge in [-0.25, -0.2) is 0 Å². The van der Waals surface area contributed by atoms with Gasteiger partial charge >= 0.3 is 5.97 Å². The fourth-order valence-corrected chi connectivity index (χ4v) is 1.78. The molecule has 0 saturated carbocycles. The third-order valence-electron chi connectivity index (χ3n) is 2.94. The fourth-order valence-electron chi connectivity index (χ4n) is 1.78. The van der Waals surface area contributed by atoms with Crippen molar-refractivity contribution >= 4 is 22.6 Å². The van der Waals surface area contributed by atoms with Crippen molar-refractivity contribution in [1.82, 2.24) is 0 Å². The van der Waals surface area contributed by atoms with Crippen LogP contribution in [-0.4, -0.2) is 24.1 Å². The lowest BCUT2D eigenvalue weighted by atomic mass is 9.98. The molecule has 0 saturated heterocycles. The number of carbonyl (C=O) groups is 2. The maximum Gasteiger partial charge on any atom is 0.310 e. The minimum absolute atomic E-state index is 0.333. The monoisotopic (exact) mass is 289 g/mol. The van der Waals surface area contributed by atoms with Gasteiger partial charge in [0.1, 0.15) is 5.75 Å². The van der Waals surface area contributed by atoms with Crippen LogP contribution >= 0.6 is 0 Å². The molecule has 0 fully saturated rings. The van der Waals surface area contributed by atoms with Gasteiger partial charge in [-0.2, -0.15) is 0 Å². The van der Waals surface area contributed by atoms with Gasteiger partial charge in [0.25, 0.3) is 0 Å². The Hall–Kier alpha value is -2.56. The lowest BCUT2D eigenvalue weighted by Gasteiger charge is -2.08. The van der Waals surface area contributed by atoms with Crippen molar-refractivity contribution in [1.29, 1.82) is 0 Å². The number of hydrogen-bond acceptors (Lipinski definition) is 3. The normalized spacial score (nSPS) is 11.2. The molecular weight excluding hydrogens is 270 g/mol. The van der Waals surface area contributed by atoms with E-state index in [4.69, 9.17) is 9.84 Å². The summed E-state index contributed by atoms with van der Waals surface area (Å²) in [5, 5.41) is 11.0. The topological polar surface area (TPSA) is 89.6 Å². The van der Waals surface area contributed by atoms with Crippen LogP contribution in [0.3, 0.4) is 0 Å². The van der Waals surface area contributed by atoms with E-state index >= 15 is 0 Å². The number of methoxy groups -OCH3 is 1. The average molecular weight is 289 g/mol. The lowest BCUT2D eigenvalue weighted by Crippen LogP contribution is -2.06. The molecule has 112 valence electrons. The molecule has 0 aliphatic rings. The fraction of sp³-hybridized carbons (Fsp3) is 0.250. The number of carboxylic acids is 1. The highest BCUT2D eigenvalue weighted by molar-refractivity contribution is 5.86. The quantitative estimate of drug-likeness (QED) is 0.908. The van der Waals surface area contributed by atoms with Crippen molar-refractivity contribution < 1.29 is 19.4 Å². The summed E-state index contributed by atoms with van der Waals surface area (Å²) in [5.41, 5.74) is 5.29. The van der Waals surface area contributed by atoms with Gasteiger partial charge in [-0.3, -0.25) is 9.59 Å². The summed E-state index contributed by atoms with van der Waals surface area (Å²) in [6.45, 7) is 2.99. The molecule has 1 atom stereocenters. The van der Waals surface area contributed by atoms with Gasteiger partial charge in [0, 0.05) is 6.92 Å². The molecule has 5 heteroatoms. The predicted molar refractivity (Wildman–Crippen MR) is 81.4 cm³/mol. The first kappa shape index (κ1) is 16.5. The number of rotatable bonds is 3. The zero-order chi connectivity index (χ0) is 16.0. The molecule has 1 amide bonds. The molecule has 3 N–H and O–H groups in total. The van der Waals surface area contributed by atoms with Crippen molar-refractivity contribution in [2.45, 2.75) is 19.8 Å². The number of hydrogen-bond donors (Lipinski definition) is 2. The SMILES string of the molecule is CC(N)=O.COc1ccc2cc([C@H](C)C(=O)O)ccc2c1. The average Bonchev–Trinajstić information content (AvgIpc) is 2.44. The smallest absolute Gasteiger partial charge is 0.310 e. The number of benzene rings is 2. The molecule has 2 rings (SSSR count). The molecular formula is C16H19NO4. The number of amides is 1. The van der Waals surface area contributed by atoms with E-state index in [1.807, 2.05) is 36.4 Å². The minimum Gasteiger partial charge on any atom is -0.497 e. The van der Waals surface area contributed by atoms with Crippen LogP contribution < -0.4 is 10.5 Å². The molecule has 0 aliphatic carbocycles. The summed E-state index contributed by atoms with van der Waals surface area (Å²) in [6.07, 6.45) is 0. The van der Waals surface area contributed by atoms with Crippen molar-refractivity contribution in [3.63, 3.8) is 0 Å². The summed E-state index contributed by atoms with van der Waals surface area (Å²) in [7, 11) is 1.63. The predicted octanol–water partition coefficient (Wildman–Crippen LogP) is 2.53. The Morgan fingerprint density at radius 2 is 1.67 bits per heavy atom. The molecule has 0 aliphatic heterocycles. The summed E-state index contributed by atoms with van der Waals surface area (Å²) >= 11 is 0. The highest BCUT2D eigenvalue weighted by Crippen LogP contribution is 2.25. The van der Waals surface area contributed by atoms with E-state index in [1.165, 1.54) is 6.92 Å². The molecule has 2 aromatic rings. The highest BCUT2D eigenvalue weighted by atomic mass is 16.5. The first-order valence-electron chi connectivity index (χ1n) is 6.41. The lowest BCUT2D eigenvalue weighted by molar-refractivity contribution is -0.138. The van der Waals surface area contributed by atoms with Crippen LogP contribution in [0.4, 0.5) is 0 Å². The Morgan fingerprint density at radius 1 is 1.14 bits per heavy atom. The molecule has 0 aromatic heterocycles. The van der Waals surface area contributed by atoms with E-state index < -0.39 is 11.9 Å². The second-order valence-corrected chi connectivity index (χ2v) is 4.64. The first-order chi connectivity index (χ1) is 9.85. The molecule has 0 spiro atoms. The Bertz CT molecular complexity index is 648. The van der Waals surface area contributed by atoms with Gasteiger partial charge in [0.2, 0.25) is 5.91 Å². The van der Waals surface area contributed by atoms with E-state index in [0.29, 0.717) is 0 Å². The Labute approximate surface area is 123 Å². The van der Waals surface area contributed by atoms with Crippen molar-refractivity contribution in [2.24, 2.45) is 5.73 Å². The number of primary amides is 1. The van der Waals surface area contributed by atoms with E-state index in [0.717, 1.165) is 22.1 Å². The molecule has 0 radical (unpaired) electrons. The third kappa shape index (κ3) is 4.80. The van der Waals surface area contributed by atoms with Gasteiger partial charge in [-0.05, 0) is 35.4 Å². The zero-order valence-corrected chi connectivity index (χ0v) is 12.3. The molecule has 21 heavy (non-hydrogen) atoms. The second kappa shape index (κ2) is 7.28. The molecule has 0 heterocycles. The molecule has 0 unspecified atom stereocenters. The van der Waals surface area contributed by atoms with Crippen LogP contribution in [0.15, 0.2) is 36.4 Å². The Balaban J connectivity index is 0.000000491. The van der Waals surface area contributed by atoms with Crippen LogP contribution in [0.1, 0.15) is 25.3 Å². The molecule has 5 nitrogen and oxygen atoms in total. The van der Waals surface area contributed by atoms with Crippen LogP contribution in [0.5, 0.6) is 5.75 Å². The van der Waals surface area contributed by atoms with E-state index in [2.05, 4.69) is 5.73 Å². The maximum absolute atomic E-state index is 10.9. The molecule has 0 bridgehead atoms. The van der Waals surface area contributed by atoms with Gasteiger partial charge in [0.05, 0.1) is 13.0 Å². The second-order valence-electron chi connectivity index (χ2n) is 4.64. The number of carboxylic acid groups (broad SMARTS) is 1. The number of fused-ring (bicyclic) bond motifs is 1. The number of nitrogens with two attached hydrogens (primary N) is 1. The highest BCUT2D eigenvalue weighted by Gasteiger charge is 2.13. The maximum atomic E-state index is 10.9. The van der Waals surface area contributed by atoms with Crippen molar-refractivity contribution in [3.05, 3.63) is 42.0 Å². The van der Waals surface area contributed by atoms with Crippen molar-refractivity contribution in [3.8, 4) is 5.75 Å². The van der Waals surface area contributed by atoms with Gasteiger partial charge in [-0.15, -0.1) is 0 Å². The van der Waals surface area contributed by atoms with Crippen LogP contribution in [0.2, 0.25) is 0 Å². The van der Waals surface area contributed by atoms with Crippen LogP contribution in [-0.2, 0) is 9.59 Å². The van der Waals surface area contributed by atoms with E-state index in [9.17, 15) is 9.59 Å². The van der Waals surface area contributed by atoms with Gasteiger partial charge in [0.15, 0.2) is 0 Å². The number of aliphatic carboxylic acids is 1.